The average molecular weight is 521 g/mol. The number of benzene rings is 2. The zero-order valence-electron chi connectivity index (χ0n) is 22.8. The van der Waals surface area contributed by atoms with Crippen molar-refractivity contribution in [3.8, 4) is 0 Å². The molecule has 3 heterocycles. The molecule has 8 heteroatoms. The maximum absolute atomic E-state index is 14.2. The van der Waals surface area contributed by atoms with Gasteiger partial charge in [0.15, 0.2) is 0 Å². The van der Waals surface area contributed by atoms with Crippen molar-refractivity contribution in [2.75, 3.05) is 19.6 Å². The van der Waals surface area contributed by atoms with Crippen molar-refractivity contribution in [3.63, 3.8) is 0 Å². The Morgan fingerprint density at radius 1 is 1.18 bits per heavy atom. The van der Waals surface area contributed by atoms with Crippen LogP contribution in [0.4, 0.5) is 9.18 Å². The van der Waals surface area contributed by atoms with Crippen LogP contribution in [0.25, 0.3) is 10.9 Å². The van der Waals surface area contributed by atoms with Crippen LogP contribution < -0.4 is 5.32 Å². The van der Waals surface area contributed by atoms with E-state index in [1.54, 1.807) is 24.0 Å². The minimum atomic E-state index is -0.591. The van der Waals surface area contributed by atoms with E-state index >= 15 is 0 Å². The maximum atomic E-state index is 14.2. The number of aryl methyl sites for hydroxylation is 1. The van der Waals surface area contributed by atoms with Crippen molar-refractivity contribution in [3.05, 3.63) is 71.2 Å². The number of likely N-dealkylation sites (tertiary alicyclic amines) is 2. The number of amides is 2. The Balaban J connectivity index is 1.55. The molecule has 38 heavy (non-hydrogen) atoms. The van der Waals surface area contributed by atoms with E-state index in [9.17, 15) is 14.0 Å². The highest BCUT2D eigenvalue weighted by atomic mass is 19.1. The summed E-state index contributed by atoms with van der Waals surface area (Å²) in [6.07, 6.45) is 0.291. The Hall–Kier alpha value is -3.39. The highest BCUT2D eigenvalue weighted by molar-refractivity contribution is 5.84. The number of piperidine rings is 1. The monoisotopic (exact) mass is 520 g/mol. The first-order valence-electron chi connectivity index (χ1n) is 13.3. The van der Waals surface area contributed by atoms with Crippen LogP contribution in [0.2, 0.25) is 0 Å². The van der Waals surface area contributed by atoms with Crippen LogP contribution in [-0.2, 0) is 16.1 Å². The Kier molecular flexibility index (Phi) is 6.71. The lowest BCUT2D eigenvalue weighted by molar-refractivity contribution is -0.121. The van der Waals surface area contributed by atoms with Gasteiger partial charge >= 0.3 is 6.09 Å². The normalized spacial score (nSPS) is 23.9. The Morgan fingerprint density at radius 3 is 2.61 bits per heavy atom. The van der Waals surface area contributed by atoms with Gasteiger partial charge in [0.25, 0.3) is 0 Å². The number of carbonyl (C=O) groups is 2. The molecule has 2 saturated heterocycles. The van der Waals surface area contributed by atoms with E-state index in [1.165, 1.54) is 6.07 Å². The summed E-state index contributed by atoms with van der Waals surface area (Å²) in [5.74, 6) is -0.410. The third-order valence-corrected chi connectivity index (χ3v) is 7.87. The summed E-state index contributed by atoms with van der Waals surface area (Å²) in [5, 5.41) is 4.18. The summed E-state index contributed by atoms with van der Waals surface area (Å²) >= 11 is 0. The summed E-state index contributed by atoms with van der Waals surface area (Å²) in [4.78, 5) is 33.2. The molecule has 7 nitrogen and oxygen atoms in total. The van der Waals surface area contributed by atoms with Crippen LogP contribution >= 0.6 is 0 Å². The van der Waals surface area contributed by atoms with Gasteiger partial charge in [-0.25, -0.2) is 9.18 Å². The van der Waals surface area contributed by atoms with Crippen molar-refractivity contribution in [2.45, 2.75) is 64.8 Å². The standard InChI is InChI=1S/C30H37FN4O3/c1-19-24(23-15-22(31)11-12-26(23)32-19)16-35-18-30(33-20(2)36)13-14-34(28(37)38-29(3,4)5)17-25(30)27(35)21-9-7-6-8-10-21/h6-12,15,25,27,32H,13-14,16-18H2,1-5H3,(H,33,36)/t25-,27-,30-/m1/s1. The number of ether oxygens (including phenoxy) is 1. The molecular formula is C30H37FN4O3. The van der Waals surface area contributed by atoms with Gasteiger partial charge in [0.2, 0.25) is 5.91 Å². The number of rotatable bonds is 4. The molecule has 2 fully saturated rings. The fraction of sp³-hybridized carbons (Fsp3) is 0.467. The van der Waals surface area contributed by atoms with Gasteiger partial charge in [-0.1, -0.05) is 30.3 Å². The Bertz CT molecular complexity index is 1350. The molecule has 1 aromatic heterocycles. The molecule has 0 aliphatic carbocycles. The van der Waals surface area contributed by atoms with Crippen LogP contribution in [-0.4, -0.2) is 57.6 Å². The molecule has 2 aliphatic heterocycles. The summed E-state index contributed by atoms with van der Waals surface area (Å²) in [6.45, 7) is 11.3. The van der Waals surface area contributed by atoms with Gasteiger partial charge in [-0.15, -0.1) is 0 Å². The Labute approximate surface area is 223 Å². The summed E-state index contributed by atoms with van der Waals surface area (Å²) in [5.41, 5.74) is 2.97. The zero-order chi connectivity index (χ0) is 27.2. The van der Waals surface area contributed by atoms with Gasteiger partial charge in [-0.2, -0.15) is 0 Å². The lowest BCUT2D eigenvalue weighted by Crippen LogP contribution is -2.62. The lowest BCUT2D eigenvalue weighted by Gasteiger charge is -2.45. The molecule has 3 atom stereocenters. The molecule has 0 saturated carbocycles. The molecular weight excluding hydrogens is 483 g/mol. The number of halogens is 1. The van der Waals surface area contributed by atoms with Gasteiger partial charge in [-0.05, 0) is 63.4 Å². The molecule has 3 aromatic rings. The van der Waals surface area contributed by atoms with E-state index in [0.717, 1.165) is 27.7 Å². The van der Waals surface area contributed by atoms with Gasteiger partial charge in [0, 0.05) is 61.7 Å². The SMILES string of the molecule is CC(=O)N[C@@]12CCN(C(=O)OC(C)(C)C)C[C@@H]1[C@@H](c1ccccc1)N(Cc1c(C)[nH]c3ccc(F)cc13)C2. The smallest absolute Gasteiger partial charge is 0.410 e. The Morgan fingerprint density at radius 2 is 1.92 bits per heavy atom. The highest BCUT2D eigenvalue weighted by Crippen LogP contribution is 2.48. The van der Waals surface area contributed by atoms with E-state index < -0.39 is 11.1 Å². The molecule has 5 rings (SSSR count). The van der Waals surface area contributed by atoms with Gasteiger partial charge in [0.05, 0.1) is 5.54 Å². The summed E-state index contributed by atoms with van der Waals surface area (Å²) in [7, 11) is 0. The number of carbonyl (C=O) groups excluding carboxylic acids is 2. The largest absolute Gasteiger partial charge is 0.444 e. The fourth-order valence-electron chi connectivity index (χ4n) is 6.38. The van der Waals surface area contributed by atoms with E-state index in [2.05, 4.69) is 27.3 Å². The molecule has 0 spiro atoms. The predicted molar refractivity (Wildman–Crippen MR) is 145 cm³/mol. The summed E-state index contributed by atoms with van der Waals surface area (Å²) < 4.78 is 20.0. The predicted octanol–water partition coefficient (Wildman–Crippen LogP) is 5.30. The second-order valence-electron chi connectivity index (χ2n) is 11.8. The van der Waals surface area contributed by atoms with Crippen molar-refractivity contribution in [1.29, 1.82) is 0 Å². The number of hydrogen-bond acceptors (Lipinski definition) is 4. The minimum absolute atomic E-state index is 0.0580. The molecule has 202 valence electrons. The average Bonchev–Trinajstić information content (AvgIpc) is 3.31. The molecule has 0 bridgehead atoms. The minimum Gasteiger partial charge on any atom is -0.444 e. The second kappa shape index (κ2) is 9.73. The van der Waals surface area contributed by atoms with Gasteiger partial charge in [0.1, 0.15) is 11.4 Å². The zero-order valence-corrected chi connectivity index (χ0v) is 22.8. The first kappa shape index (κ1) is 26.2. The molecule has 2 aliphatic rings. The van der Waals surface area contributed by atoms with E-state index in [4.69, 9.17) is 4.74 Å². The van der Waals surface area contributed by atoms with Gasteiger partial charge in [-0.3, -0.25) is 9.69 Å². The number of aromatic amines is 1. The molecule has 2 amide bonds. The molecule has 0 radical (unpaired) electrons. The second-order valence-corrected chi connectivity index (χ2v) is 11.8. The third-order valence-electron chi connectivity index (χ3n) is 7.87. The van der Waals surface area contributed by atoms with Crippen LogP contribution in [0.1, 0.15) is 57.0 Å². The van der Waals surface area contributed by atoms with Crippen LogP contribution in [0.15, 0.2) is 48.5 Å². The van der Waals surface area contributed by atoms with Crippen molar-refractivity contribution in [1.82, 2.24) is 20.1 Å². The molecule has 2 N–H and O–H groups in total. The number of nitrogens with zero attached hydrogens (tertiary/aromatic N) is 2. The number of aromatic nitrogens is 1. The van der Waals surface area contributed by atoms with E-state index in [0.29, 0.717) is 32.6 Å². The van der Waals surface area contributed by atoms with Gasteiger partial charge < -0.3 is 19.9 Å². The number of hydrogen-bond donors (Lipinski definition) is 2. The quantitative estimate of drug-likeness (QED) is 0.489. The summed E-state index contributed by atoms with van der Waals surface area (Å²) in [6, 6.07) is 15.0. The van der Waals surface area contributed by atoms with E-state index in [-0.39, 0.29) is 29.8 Å². The highest BCUT2D eigenvalue weighted by Gasteiger charge is 2.56. The number of H-pyrrole nitrogens is 1. The first-order chi connectivity index (χ1) is 18.0. The van der Waals surface area contributed by atoms with E-state index in [1.807, 2.05) is 45.9 Å². The number of nitrogens with one attached hydrogen (secondary N) is 2. The number of fused-ring (bicyclic) bond motifs is 2. The van der Waals surface area contributed by atoms with Crippen molar-refractivity contribution in [2.24, 2.45) is 5.92 Å². The maximum Gasteiger partial charge on any atom is 0.410 e. The fourth-order valence-corrected chi connectivity index (χ4v) is 6.38. The lowest BCUT2D eigenvalue weighted by atomic mass is 9.75. The van der Waals surface area contributed by atoms with Crippen LogP contribution in [0.3, 0.4) is 0 Å². The van der Waals surface area contributed by atoms with Crippen LogP contribution in [0.5, 0.6) is 0 Å². The molecule has 2 aromatic carbocycles. The van der Waals surface area contributed by atoms with Crippen molar-refractivity contribution < 1.29 is 18.7 Å². The third kappa shape index (κ3) is 5.01. The topological polar surface area (TPSA) is 77.7 Å². The van der Waals surface area contributed by atoms with Crippen molar-refractivity contribution >= 4 is 22.9 Å². The van der Waals surface area contributed by atoms with Crippen LogP contribution in [0, 0.1) is 18.7 Å². The first-order valence-corrected chi connectivity index (χ1v) is 13.3. The molecule has 0 unspecified atom stereocenters.